The van der Waals surface area contributed by atoms with Crippen molar-refractivity contribution < 1.29 is 19.1 Å². The highest BCUT2D eigenvalue weighted by molar-refractivity contribution is 9.10. The van der Waals surface area contributed by atoms with E-state index in [0.29, 0.717) is 28.0 Å². The minimum atomic E-state index is -0.518. The Kier molecular flexibility index (Phi) is 7.14. The lowest BCUT2D eigenvalue weighted by molar-refractivity contribution is 0.0729. The Morgan fingerprint density at radius 1 is 1.03 bits per heavy atom. The van der Waals surface area contributed by atoms with Crippen LogP contribution in [0.1, 0.15) is 31.8 Å². The molecule has 0 fully saturated rings. The van der Waals surface area contributed by atoms with Gasteiger partial charge in [-0.15, -0.1) is 0 Å². The summed E-state index contributed by atoms with van der Waals surface area (Å²) in [6.45, 7) is 0. The van der Waals surface area contributed by atoms with Gasteiger partial charge in [-0.1, -0.05) is 22.0 Å². The number of halogens is 1. The van der Waals surface area contributed by atoms with Crippen LogP contribution in [0.2, 0.25) is 0 Å². The van der Waals surface area contributed by atoms with E-state index in [9.17, 15) is 9.59 Å². The molecule has 0 aliphatic carbocycles. The molecule has 0 heterocycles. The predicted octanol–water partition coefficient (Wildman–Crippen LogP) is 4.31. The maximum Gasteiger partial charge on any atom is 0.343 e. The largest absolute Gasteiger partial charge is 0.493 e. The molecule has 0 saturated carbocycles. The number of ether oxygens (including phenoxy) is 2. The SMILES string of the molecule is COc1cc(/C=N\NC(=O)c2ccc(C#N)cc2)ccc1OC(=O)c1cccc(Br)c1. The highest BCUT2D eigenvalue weighted by Crippen LogP contribution is 2.28. The van der Waals surface area contributed by atoms with Gasteiger partial charge in [0, 0.05) is 10.0 Å². The molecule has 31 heavy (non-hydrogen) atoms. The molecule has 0 saturated heterocycles. The van der Waals surface area contributed by atoms with Crippen LogP contribution in [0.25, 0.3) is 0 Å². The maximum atomic E-state index is 12.4. The molecule has 0 atom stereocenters. The number of carbonyl (C=O) groups excluding carboxylic acids is 2. The first kappa shape index (κ1) is 21.7. The summed E-state index contributed by atoms with van der Waals surface area (Å²) >= 11 is 3.32. The van der Waals surface area contributed by atoms with E-state index in [-0.39, 0.29) is 5.75 Å². The number of carbonyl (C=O) groups is 2. The molecule has 0 unspecified atom stereocenters. The monoisotopic (exact) mass is 477 g/mol. The van der Waals surface area contributed by atoms with Gasteiger partial charge in [-0.25, -0.2) is 10.2 Å². The van der Waals surface area contributed by atoms with E-state index in [1.54, 1.807) is 60.7 Å². The number of hydrazone groups is 1. The summed E-state index contributed by atoms with van der Waals surface area (Å²) < 4.78 is 11.5. The minimum absolute atomic E-state index is 0.256. The summed E-state index contributed by atoms with van der Waals surface area (Å²) in [5.41, 5.74) is 4.28. The number of amides is 1. The number of hydrogen-bond donors (Lipinski definition) is 1. The third-order valence-electron chi connectivity index (χ3n) is 4.11. The van der Waals surface area contributed by atoms with Crippen LogP contribution < -0.4 is 14.9 Å². The Hall–Kier alpha value is -3.96. The van der Waals surface area contributed by atoms with Crippen LogP contribution in [-0.2, 0) is 0 Å². The van der Waals surface area contributed by atoms with Gasteiger partial charge >= 0.3 is 5.97 Å². The molecular formula is C23H16BrN3O4. The molecule has 0 bridgehead atoms. The fourth-order valence-electron chi connectivity index (χ4n) is 2.55. The highest BCUT2D eigenvalue weighted by atomic mass is 79.9. The first-order chi connectivity index (χ1) is 15.0. The van der Waals surface area contributed by atoms with E-state index in [0.717, 1.165) is 4.47 Å². The van der Waals surface area contributed by atoms with Crippen LogP contribution in [-0.4, -0.2) is 25.2 Å². The number of methoxy groups -OCH3 is 1. The van der Waals surface area contributed by atoms with Crippen LogP contribution in [0.4, 0.5) is 0 Å². The number of nitrogens with zero attached hydrogens (tertiary/aromatic N) is 2. The van der Waals surface area contributed by atoms with Gasteiger partial charge < -0.3 is 9.47 Å². The molecule has 0 spiro atoms. The van der Waals surface area contributed by atoms with E-state index < -0.39 is 11.9 Å². The predicted molar refractivity (Wildman–Crippen MR) is 118 cm³/mol. The van der Waals surface area contributed by atoms with Gasteiger partial charge in [0.25, 0.3) is 5.91 Å². The molecule has 3 aromatic rings. The van der Waals surface area contributed by atoms with Crippen molar-refractivity contribution >= 4 is 34.0 Å². The Bertz CT molecular complexity index is 1180. The van der Waals surface area contributed by atoms with Crippen LogP contribution in [0.15, 0.2) is 76.3 Å². The number of nitriles is 1. The number of benzene rings is 3. The summed E-state index contributed by atoms with van der Waals surface area (Å²) in [5.74, 6) is -0.333. The zero-order valence-electron chi connectivity index (χ0n) is 16.3. The van der Waals surface area contributed by atoms with Gasteiger partial charge in [0.05, 0.1) is 30.5 Å². The van der Waals surface area contributed by atoms with Crippen LogP contribution in [0, 0.1) is 11.3 Å². The van der Waals surface area contributed by atoms with Gasteiger partial charge in [-0.3, -0.25) is 4.79 Å². The lowest BCUT2D eigenvalue weighted by atomic mass is 10.1. The third-order valence-corrected chi connectivity index (χ3v) is 4.60. The number of esters is 1. The average molecular weight is 478 g/mol. The van der Waals surface area contributed by atoms with Crippen molar-refractivity contribution in [1.29, 1.82) is 5.26 Å². The Morgan fingerprint density at radius 2 is 1.81 bits per heavy atom. The lowest BCUT2D eigenvalue weighted by Gasteiger charge is -2.10. The van der Waals surface area contributed by atoms with Crippen molar-refractivity contribution in [1.82, 2.24) is 5.43 Å². The fraction of sp³-hybridized carbons (Fsp3) is 0.0435. The molecule has 0 aromatic heterocycles. The minimum Gasteiger partial charge on any atom is -0.493 e. The first-order valence-electron chi connectivity index (χ1n) is 8.99. The van der Waals surface area contributed by atoms with Crippen molar-refractivity contribution in [2.45, 2.75) is 0 Å². The van der Waals surface area contributed by atoms with E-state index in [1.807, 2.05) is 12.1 Å². The fourth-order valence-corrected chi connectivity index (χ4v) is 2.95. The Labute approximate surface area is 187 Å². The second-order valence-corrected chi connectivity index (χ2v) is 7.11. The molecule has 0 radical (unpaired) electrons. The smallest absolute Gasteiger partial charge is 0.343 e. The quantitative estimate of drug-likeness (QED) is 0.246. The van der Waals surface area contributed by atoms with Gasteiger partial charge in [0.1, 0.15) is 0 Å². The molecule has 1 N–H and O–H groups in total. The topological polar surface area (TPSA) is 101 Å². The summed E-state index contributed by atoms with van der Waals surface area (Å²) in [6.07, 6.45) is 1.43. The van der Waals surface area contributed by atoms with Gasteiger partial charge in [-0.05, 0) is 66.2 Å². The third kappa shape index (κ3) is 5.78. The number of rotatable bonds is 6. The summed E-state index contributed by atoms with van der Waals surface area (Å²) in [5, 5.41) is 12.7. The standard InChI is InChI=1S/C23H16BrN3O4/c1-30-21-11-16(14-26-27-22(28)17-8-5-15(13-25)6-9-17)7-10-20(21)31-23(29)18-3-2-4-19(24)12-18/h2-12,14H,1H3,(H,27,28)/b26-14-. The van der Waals surface area contributed by atoms with Crippen molar-refractivity contribution in [2.75, 3.05) is 7.11 Å². The molecular weight excluding hydrogens is 462 g/mol. The zero-order chi connectivity index (χ0) is 22.2. The maximum absolute atomic E-state index is 12.4. The molecule has 0 aliphatic rings. The van der Waals surface area contributed by atoms with Crippen molar-refractivity contribution in [3.8, 4) is 17.6 Å². The Balaban J connectivity index is 1.67. The molecule has 7 nitrogen and oxygen atoms in total. The summed E-state index contributed by atoms with van der Waals surface area (Å²) in [4.78, 5) is 24.4. The van der Waals surface area contributed by atoms with Gasteiger partial charge in [0.2, 0.25) is 0 Å². The normalized spacial score (nSPS) is 10.4. The van der Waals surface area contributed by atoms with Crippen LogP contribution in [0.3, 0.4) is 0 Å². The molecule has 8 heteroatoms. The van der Waals surface area contributed by atoms with Crippen molar-refractivity contribution in [3.63, 3.8) is 0 Å². The zero-order valence-corrected chi connectivity index (χ0v) is 17.9. The van der Waals surface area contributed by atoms with Gasteiger partial charge in [-0.2, -0.15) is 10.4 Å². The second kappa shape index (κ2) is 10.2. The average Bonchev–Trinajstić information content (AvgIpc) is 2.79. The molecule has 1 amide bonds. The second-order valence-electron chi connectivity index (χ2n) is 6.20. The van der Waals surface area contributed by atoms with Crippen molar-refractivity contribution in [3.05, 3.63) is 93.5 Å². The highest BCUT2D eigenvalue weighted by Gasteiger charge is 2.13. The van der Waals surface area contributed by atoms with Crippen molar-refractivity contribution in [2.24, 2.45) is 5.10 Å². The lowest BCUT2D eigenvalue weighted by Crippen LogP contribution is -2.17. The van der Waals surface area contributed by atoms with E-state index in [4.69, 9.17) is 14.7 Å². The Morgan fingerprint density at radius 3 is 2.48 bits per heavy atom. The molecule has 0 aliphatic heterocycles. The van der Waals surface area contributed by atoms with Crippen LogP contribution in [0.5, 0.6) is 11.5 Å². The number of hydrogen-bond acceptors (Lipinski definition) is 6. The van der Waals surface area contributed by atoms with E-state index >= 15 is 0 Å². The first-order valence-corrected chi connectivity index (χ1v) is 9.79. The number of nitrogens with one attached hydrogen (secondary N) is 1. The molecule has 3 rings (SSSR count). The van der Waals surface area contributed by atoms with E-state index in [1.165, 1.54) is 13.3 Å². The van der Waals surface area contributed by atoms with Crippen LogP contribution >= 0.6 is 15.9 Å². The molecule has 154 valence electrons. The summed E-state index contributed by atoms with van der Waals surface area (Å²) in [7, 11) is 1.46. The van der Waals surface area contributed by atoms with E-state index in [2.05, 4.69) is 26.5 Å². The van der Waals surface area contributed by atoms with Gasteiger partial charge in [0.15, 0.2) is 11.5 Å². The molecule has 3 aromatic carbocycles. The summed E-state index contributed by atoms with van der Waals surface area (Å²) in [6, 6.07) is 19.9.